The Morgan fingerprint density at radius 2 is 1.80 bits per heavy atom. The highest BCUT2D eigenvalue weighted by molar-refractivity contribution is 7.89. The molecule has 30 heavy (non-hydrogen) atoms. The number of piperazine rings is 1. The van der Waals surface area contributed by atoms with Crippen molar-refractivity contribution in [1.82, 2.24) is 14.5 Å². The summed E-state index contributed by atoms with van der Waals surface area (Å²) in [6, 6.07) is 5.55. The third-order valence-corrected chi connectivity index (χ3v) is 7.22. The highest BCUT2D eigenvalue weighted by Gasteiger charge is 2.46. The highest BCUT2D eigenvalue weighted by atomic mass is 32.2. The van der Waals surface area contributed by atoms with Gasteiger partial charge in [-0.25, -0.2) is 13.2 Å². The average Bonchev–Trinajstić information content (AvgIpc) is 2.74. The van der Waals surface area contributed by atoms with E-state index in [1.54, 1.807) is 42.5 Å². The highest BCUT2D eigenvalue weighted by Crippen LogP contribution is 2.25. The molecule has 3 rings (SSSR count). The minimum atomic E-state index is -3.61. The van der Waals surface area contributed by atoms with E-state index in [0.717, 1.165) is 4.31 Å². The molecule has 2 aliphatic rings. The molecule has 1 aromatic rings. The van der Waals surface area contributed by atoms with Crippen LogP contribution in [-0.2, 0) is 19.6 Å². The van der Waals surface area contributed by atoms with Gasteiger partial charge in [0.25, 0.3) is 5.91 Å². The van der Waals surface area contributed by atoms with Crippen molar-refractivity contribution >= 4 is 27.8 Å². The van der Waals surface area contributed by atoms with Gasteiger partial charge in [0.15, 0.2) is 0 Å². The molecule has 0 saturated carbocycles. The maximum atomic E-state index is 13.3. The van der Waals surface area contributed by atoms with Gasteiger partial charge in [0, 0.05) is 24.7 Å². The largest absolute Gasteiger partial charge is 0.480 e. The monoisotopic (exact) mass is 435 g/mol. The van der Waals surface area contributed by atoms with Crippen LogP contribution >= 0.6 is 0 Å². The average molecular weight is 436 g/mol. The summed E-state index contributed by atoms with van der Waals surface area (Å²) >= 11 is 0. The van der Waals surface area contributed by atoms with E-state index in [-0.39, 0.29) is 25.3 Å². The molecule has 162 valence electrons. The Hall–Kier alpha value is -2.72. The van der Waals surface area contributed by atoms with Gasteiger partial charge in [-0.05, 0) is 31.9 Å². The van der Waals surface area contributed by atoms with Crippen molar-refractivity contribution in [2.75, 3.05) is 18.8 Å². The van der Waals surface area contributed by atoms with E-state index in [1.165, 1.54) is 11.8 Å². The van der Waals surface area contributed by atoms with Gasteiger partial charge in [0.05, 0.1) is 5.75 Å². The first-order chi connectivity index (χ1) is 14.2. The second kappa shape index (κ2) is 8.97. The van der Waals surface area contributed by atoms with Crippen LogP contribution in [0, 0.1) is 0 Å². The summed E-state index contributed by atoms with van der Waals surface area (Å²) in [5.41, 5.74) is 0.390. The number of carboxylic acid groups (broad SMARTS) is 1. The molecule has 2 aliphatic heterocycles. The van der Waals surface area contributed by atoms with Crippen LogP contribution in [0.25, 0.3) is 0 Å². The van der Waals surface area contributed by atoms with Crippen LogP contribution < -0.4 is 5.32 Å². The smallest absolute Gasteiger partial charge is 0.327 e. The van der Waals surface area contributed by atoms with Gasteiger partial charge < -0.3 is 15.3 Å². The zero-order valence-corrected chi connectivity index (χ0v) is 17.4. The number of aliphatic carboxylic acids is 1. The summed E-state index contributed by atoms with van der Waals surface area (Å²) in [4.78, 5) is 39.0. The van der Waals surface area contributed by atoms with Crippen LogP contribution in [0.15, 0.2) is 42.5 Å². The first-order valence-corrected chi connectivity index (χ1v) is 11.4. The summed E-state index contributed by atoms with van der Waals surface area (Å²) in [6.07, 6.45) is 4.12. The van der Waals surface area contributed by atoms with Crippen molar-refractivity contribution < 1.29 is 27.9 Å². The lowest BCUT2D eigenvalue weighted by molar-refractivity contribution is -0.156. The van der Waals surface area contributed by atoms with Crippen LogP contribution in [0.5, 0.6) is 0 Å². The van der Waals surface area contributed by atoms with Gasteiger partial charge in [0.2, 0.25) is 15.9 Å². The first-order valence-electron chi connectivity index (χ1n) is 9.78. The summed E-state index contributed by atoms with van der Waals surface area (Å²) < 4.78 is 25.9. The fourth-order valence-corrected chi connectivity index (χ4v) is 4.91. The third-order valence-electron chi connectivity index (χ3n) is 5.40. The number of amides is 2. The molecule has 0 bridgehead atoms. The van der Waals surface area contributed by atoms with Crippen molar-refractivity contribution in [2.24, 2.45) is 0 Å². The molecular formula is C20H25N3O6S. The Bertz CT molecular complexity index is 947. The number of benzene rings is 1. The van der Waals surface area contributed by atoms with Gasteiger partial charge >= 0.3 is 5.97 Å². The molecule has 0 unspecified atom stereocenters. The van der Waals surface area contributed by atoms with Crippen LogP contribution in [-0.4, -0.2) is 77.5 Å². The minimum absolute atomic E-state index is 0.0232. The number of sulfonamides is 1. The Kier molecular flexibility index (Phi) is 6.57. The number of nitrogens with zero attached hydrogens (tertiary/aromatic N) is 2. The predicted molar refractivity (Wildman–Crippen MR) is 109 cm³/mol. The van der Waals surface area contributed by atoms with Crippen LogP contribution in [0.1, 0.15) is 30.1 Å². The van der Waals surface area contributed by atoms with E-state index >= 15 is 0 Å². The predicted octanol–water partition coefficient (Wildman–Crippen LogP) is 0.451. The molecule has 10 heteroatoms. The second-order valence-electron chi connectivity index (χ2n) is 7.31. The first kappa shape index (κ1) is 22.0. The van der Waals surface area contributed by atoms with Gasteiger partial charge in [-0.3, -0.25) is 9.59 Å². The molecule has 0 aromatic heterocycles. The molecule has 1 fully saturated rings. The van der Waals surface area contributed by atoms with Crippen LogP contribution in [0.2, 0.25) is 0 Å². The topological polar surface area (TPSA) is 124 Å². The van der Waals surface area contributed by atoms with E-state index in [0.29, 0.717) is 12.0 Å². The molecule has 2 heterocycles. The molecule has 1 saturated heterocycles. The van der Waals surface area contributed by atoms with Crippen molar-refractivity contribution in [3.8, 4) is 0 Å². The fraction of sp³-hybridized carbons (Fsp3) is 0.450. The number of fused-ring (bicyclic) bond motifs is 1. The van der Waals surface area contributed by atoms with Gasteiger partial charge in [-0.15, -0.1) is 0 Å². The normalized spacial score (nSPS) is 25.2. The minimum Gasteiger partial charge on any atom is -0.480 e. The Morgan fingerprint density at radius 1 is 1.13 bits per heavy atom. The third kappa shape index (κ3) is 4.54. The van der Waals surface area contributed by atoms with Crippen LogP contribution in [0.3, 0.4) is 0 Å². The molecule has 0 aliphatic carbocycles. The molecule has 3 atom stereocenters. The quantitative estimate of drug-likeness (QED) is 0.647. The standard InChI is InChI=1S/C20H25N3O6S/c1-2-30(28,29)22-12-15-10-6-7-11-16(19(25)23(15)17(13-22)20(26)27)21-18(24)14-8-4-3-5-9-14/h3-9,15-17H,2,10-13H2,1H3,(H,21,24)(H,26,27)/t15-,16-,17-/m0/s1. The number of nitrogens with one attached hydrogen (secondary N) is 1. The Morgan fingerprint density at radius 3 is 2.43 bits per heavy atom. The van der Waals surface area contributed by atoms with Crippen LogP contribution in [0.4, 0.5) is 0 Å². The van der Waals surface area contributed by atoms with Gasteiger partial charge in [-0.2, -0.15) is 4.31 Å². The summed E-state index contributed by atoms with van der Waals surface area (Å²) in [5.74, 6) is -2.37. The summed E-state index contributed by atoms with van der Waals surface area (Å²) in [6.45, 7) is 1.21. The second-order valence-corrected chi connectivity index (χ2v) is 9.56. The lowest BCUT2D eigenvalue weighted by atomic mass is 9.98. The summed E-state index contributed by atoms with van der Waals surface area (Å²) in [7, 11) is -3.61. The van der Waals surface area contributed by atoms with Gasteiger partial charge in [-0.1, -0.05) is 30.4 Å². The lowest BCUT2D eigenvalue weighted by Crippen LogP contribution is -2.66. The molecule has 0 radical (unpaired) electrons. The van der Waals surface area contributed by atoms with E-state index < -0.39 is 45.9 Å². The number of rotatable bonds is 5. The Balaban J connectivity index is 1.88. The van der Waals surface area contributed by atoms with Crippen molar-refractivity contribution in [3.05, 3.63) is 48.0 Å². The number of carbonyl (C=O) groups excluding carboxylic acids is 2. The maximum absolute atomic E-state index is 13.3. The number of hydrogen-bond donors (Lipinski definition) is 2. The zero-order valence-electron chi connectivity index (χ0n) is 16.6. The van der Waals surface area contributed by atoms with Crippen molar-refractivity contribution in [1.29, 1.82) is 0 Å². The van der Waals surface area contributed by atoms with E-state index in [9.17, 15) is 27.9 Å². The SMILES string of the molecule is CCS(=O)(=O)N1C[C@@H]2CC=CC[C@H](NC(=O)c3ccccc3)C(=O)N2[C@H](C(=O)O)C1. The molecular weight excluding hydrogens is 410 g/mol. The van der Waals surface area contributed by atoms with Crippen molar-refractivity contribution in [3.63, 3.8) is 0 Å². The fourth-order valence-electron chi connectivity index (χ4n) is 3.78. The number of hydrogen-bond acceptors (Lipinski definition) is 5. The summed E-state index contributed by atoms with van der Waals surface area (Å²) in [5, 5.41) is 12.4. The number of carbonyl (C=O) groups is 3. The zero-order chi connectivity index (χ0) is 21.9. The number of carboxylic acids is 1. The molecule has 2 N–H and O–H groups in total. The van der Waals surface area contributed by atoms with E-state index in [1.807, 2.05) is 0 Å². The molecule has 1 aromatic carbocycles. The van der Waals surface area contributed by atoms with Gasteiger partial charge in [0.1, 0.15) is 12.1 Å². The molecule has 9 nitrogen and oxygen atoms in total. The van der Waals surface area contributed by atoms with E-state index in [4.69, 9.17) is 0 Å². The van der Waals surface area contributed by atoms with Crippen molar-refractivity contribution in [2.45, 2.75) is 37.9 Å². The molecule has 0 spiro atoms. The van der Waals surface area contributed by atoms with E-state index in [2.05, 4.69) is 5.32 Å². The Labute approximate surface area is 175 Å². The lowest BCUT2D eigenvalue weighted by Gasteiger charge is -2.45. The molecule has 2 amide bonds. The maximum Gasteiger partial charge on any atom is 0.327 e.